The molecule has 1 aromatic heterocycles. The minimum atomic E-state index is -0.365. The number of hydrogen-bond acceptors (Lipinski definition) is 3. The Morgan fingerprint density at radius 3 is 3.00 bits per heavy atom. The van der Waals surface area contributed by atoms with Gasteiger partial charge >= 0.3 is 0 Å². The lowest BCUT2D eigenvalue weighted by molar-refractivity contribution is 0.628. The van der Waals surface area contributed by atoms with E-state index >= 15 is 0 Å². The largest absolute Gasteiger partial charge is 0.338 e. The summed E-state index contributed by atoms with van der Waals surface area (Å²) in [6, 6.07) is 4.24. The first-order valence-electron chi connectivity index (χ1n) is 4.53. The summed E-state index contributed by atoms with van der Waals surface area (Å²) in [6.45, 7) is 0. The minimum absolute atomic E-state index is 0.240. The lowest BCUT2D eigenvalue weighted by Gasteiger charge is -2.08. The molecule has 0 radical (unpaired) electrons. The molecule has 1 aromatic carbocycles. The van der Waals surface area contributed by atoms with Crippen molar-refractivity contribution >= 4 is 50.0 Å². The van der Waals surface area contributed by atoms with E-state index in [0.717, 1.165) is 0 Å². The third kappa shape index (κ3) is 2.83. The quantitative estimate of drug-likeness (QED) is 0.749. The van der Waals surface area contributed by atoms with Gasteiger partial charge in [-0.25, -0.2) is 9.37 Å². The van der Waals surface area contributed by atoms with Crippen molar-refractivity contribution < 1.29 is 4.39 Å². The van der Waals surface area contributed by atoms with E-state index in [4.69, 9.17) is 0 Å². The number of H-pyrrole nitrogens is 1. The molecule has 2 aromatic rings. The van der Waals surface area contributed by atoms with Gasteiger partial charge in [-0.2, -0.15) is 0 Å². The molecule has 0 bridgehead atoms. The first kappa shape index (κ1) is 12.5. The molecular formula is C10H6BrFIN3O. The maximum absolute atomic E-state index is 13.1. The highest BCUT2D eigenvalue weighted by molar-refractivity contribution is 14.1. The van der Waals surface area contributed by atoms with Gasteiger partial charge in [0.25, 0.3) is 5.56 Å². The minimum Gasteiger partial charge on any atom is -0.338 e. The van der Waals surface area contributed by atoms with Crippen LogP contribution >= 0.6 is 38.5 Å². The van der Waals surface area contributed by atoms with Crippen LogP contribution in [0.5, 0.6) is 0 Å². The molecular weight excluding hydrogens is 404 g/mol. The summed E-state index contributed by atoms with van der Waals surface area (Å²) in [5.74, 6) is 0.0243. The summed E-state index contributed by atoms with van der Waals surface area (Å²) in [7, 11) is 0. The third-order valence-electron chi connectivity index (χ3n) is 1.98. The number of aromatic nitrogens is 2. The fourth-order valence-electron chi connectivity index (χ4n) is 1.19. The van der Waals surface area contributed by atoms with Crippen molar-refractivity contribution in [1.29, 1.82) is 0 Å². The number of hydrogen-bond donors (Lipinski definition) is 2. The molecule has 0 fully saturated rings. The fraction of sp³-hybridized carbons (Fsp3) is 0. The maximum Gasteiger partial charge on any atom is 0.266 e. The molecule has 4 nitrogen and oxygen atoms in total. The van der Waals surface area contributed by atoms with E-state index in [0.29, 0.717) is 19.5 Å². The Labute approximate surface area is 118 Å². The number of halogens is 3. The monoisotopic (exact) mass is 409 g/mol. The number of aromatic amines is 1. The summed E-state index contributed by atoms with van der Waals surface area (Å²) in [6.07, 6.45) is 1.29. The Balaban J connectivity index is 2.41. The van der Waals surface area contributed by atoms with Crippen molar-refractivity contribution in [2.24, 2.45) is 0 Å². The van der Waals surface area contributed by atoms with Crippen molar-refractivity contribution in [3.05, 3.63) is 48.7 Å². The van der Waals surface area contributed by atoms with Gasteiger partial charge < -0.3 is 10.3 Å². The average molecular weight is 410 g/mol. The van der Waals surface area contributed by atoms with Gasteiger partial charge in [0.2, 0.25) is 0 Å². The van der Waals surface area contributed by atoms with Crippen LogP contribution in [0, 0.1) is 9.39 Å². The van der Waals surface area contributed by atoms with Gasteiger partial charge in [-0.1, -0.05) is 0 Å². The Kier molecular flexibility index (Phi) is 3.77. The molecule has 0 saturated carbocycles. The number of anilines is 2. The first-order valence-corrected chi connectivity index (χ1v) is 6.40. The molecule has 0 spiro atoms. The normalized spacial score (nSPS) is 10.3. The fourth-order valence-corrected chi connectivity index (χ4v) is 1.97. The second-order valence-electron chi connectivity index (χ2n) is 3.14. The van der Waals surface area contributed by atoms with Gasteiger partial charge in [0.15, 0.2) is 5.82 Å². The van der Waals surface area contributed by atoms with Gasteiger partial charge in [-0.3, -0.25) is 4.79 Å². The van der Waals surface area contributed by atoms with Crippen molar-refractivity contribution in [1.82, 2.24) is 9.97 Å². The smallest absolute Gasteiger partial charge is 0.266 e. The summed E-state index contributed by atoms with van der Waals surface area (Å²) >= 11 is 5.16. The van der Waals surface area contributed by atoms with Crippen LogP contribution in [0.4, 0.5) is 15.9 Å². The van der Waals surface area contributed by atoms with Crippen LogP contribution < -0.4 is 10.9 Å². The molecule has 7 heteroatoms. The maximum atomic E-state index is 13.1. The summed E-state index contributed by atoms with van der Waals surface area (Å²) in [5, 5.41) is 2.90. The van der Waals surface area contributed by atoms with Gasteiger partial charge in [0, 0.05) is 4.47 Å². The molecule has 2 N–H and O–H groups in total. The van der Waals surface area contributed by atoms with Crippen LogP contribution in [0.2, 0.25) is 0 Å². The molecule has 0 aliphatic heterocycles. The SMILES string of the molecule is O=c1[nH]cnc(Nc2cc(F)ccc2Br)c1I. The number of benzene rings is 1. The Morgan fingerprint density at radius 1 is 1.47 bits per heavy atom. The highest BCUT2D eigenvalue weighted by Crippen LogP contribution is 2.26. The van der Waals surface area contributed by atoms with Gasteiger partial charge in [0.05, 0.1) is 12.0 Å². The lowest BCUT2D eigenvalue weighted by atomic mass is 10.3. The van der Waals surface area contributed by atoms with E-state index in [9.17, 15) is 9.18 Å². The van der Waals surface area contributed by atoms with Crippen LogP contribution in [-0.2, 0) is 0 Å². The molecule has 0 aliphatic carbocycles. The third-order valence-corrected chi connectivity index (χ3v) is 3.67. The van der Waals surface area contributed by atoms with Gasteiger partial charge in [-0.15, -0.1) is 0 Å². The van der Waals surface area contributed by atoms with E-state index in [1.165, 1.54) is 18.5 Å². The Hall–Kier alpha value is -0.960. The molecule has 17 heavy (non-hydrogen) atoms. The highest BCUT2D eigenvalue weighted by Gasteiger charge is 2.08. The van der Waals surface area contributed by atoms with E-state index in [2.05, 4.69) is 31.2 Å². The molecule has 0 amide bonds. The predicted molar refractivity (Wildman–Crippen MR) is 75.0 cm³/mol. The predicted octanol–water partition coefficient (Wildman–Crippen LogP) is 3.02. The highest BCUT2D eigenvalue weighted by atomic mass is 127. The van der Waals surface area contributed by atoms with Crippen molar-refractivity contribution in [2.75, 3.05) is 5.32 Å². The summed E-state index contributed by atoms with van der Waals surface area (Å²) < 4.78 is 14.2. The standard InChI is InChI=1S/C10H6BrFIN3O/c11-6-2-1-5(12)3-7(6)16-9-8(13)10(17)15-4-14-9/h1-4H,(H2,14,15,16,17). The average Bonchev–Trinajstić information content (AvgIpc) is 2.30. The van der Waals surface area contributed by atoms with Crippen LogP contribution in [0.1, 0.15) is 0 Å². The molecule has 2 rings (SSSR count). The first-order chi connectivity index (χ1) is 8.08. The summed E-state index contributed by atoms with van der Waals surface area (Å²) in [4.78, 5) is 17.8. The molecule has 0 saturated heterocycles. The Morgan fingerprint density at radius 2 is 2.24 bits per heavy atom. The van der Waals surface area contributed by atoms with Crippen LogP contribution in [0.25, 0.3) is 0 Å². The number of rotatable bonds is 2. The zero-order valence-corrected chi connectivity index (χ0v) is 12.0. The van der Waals surface area contributed by atoms with E-state index in [1.807, 2.05) is 22.6 Å². The van der Waals surface area contributed by atoms with Crippen molar-refractivity contribution in [3.63, 3.8) is 0 Å². The molecule has 88 valence electrons. The van der Waals surface area contributed by atoms with Crippen LogP contribution in [-0.4, -0.2) is 9.97 Å². The molecule has 1 heterocycles. The molecule has 0 aliphatic rings. The number of nitrogens with one attached hydrogen (secondary N) is 2. The van der Waals surface area contributed by atoms with Crippen LogP contribution in [0.15, 0.2) is 33.8 Å². The molecule has 0 unspecified atom stereocenters. The topological polar surface area (TPSA) is 57.8 Å². The van der Waals surface area contributed by atoms with Crippen molar-refractivity contribution in [3.8, 4) is 0 Å². The van der Waals surface area contributed by atoms with Gasteiger partial charge in [-0.05, 0) is 56.7 Å². The van der Waals surface area contributed by atoms with E-state index < -0.39 is 0 Å². The van der Waals surface area contributed by atoms with E-state index in [-0.39, 0.29) is 11.4 Å². The lowest BCUT2D eigenvalue weighted by Crippen LogP contribution is -2.13. The second kappa shape index (κ2) is 5.13. The van der Waals surface area contributed by atoms with Crippen LogP contribution in [0.3, 0.4) is 0 Å². The van der Waals surface area contributed by atoms with Crippen molar-refractivity contribution in [2.45, 2.75) is 0 Å². The zero-order valence-electron chi connectivity index (χ0n) is 8.30. The zero-order chi connectivity index (χ0) is 12.4. The summed E-state index contributed by atoms with van der Waals surface area (Å²) in [5.41, 5.74) is 0.275. The second-order valence-corrected chi connectivity index (χ2v) is 5.08. The molecule has 0 atom stereocenters. The van der Waals surface area contributed by atoms with Gasteiger partial charge in [0.1, 0.15) is 9.39 Å². The van der Waals surface area contributed by atoms with E-state index in [1.54, 1.807) is 6.07 Å². The Bertz CT molecular complexity index is 617. The number of nitrogens with zero attached hydrogens (tertiary/aromatic N) is 1.